The molecule has 2 aromatic heterocycles. The van der Waals surface area contributed by atoms with Gasteiger partial charge in [-0.2, -0.15) is 0 Å². The minimum Gasteiger partial charge on any atom is -0.493 e. The van der Waals surface area contributed by atoms with Crippen LogP contribution in [0, 0.1) is 6.92 Å². The molecular formula is C24H23N5O4. The minimum atomic E-state index is -0.470. The van der Waals surface area contributed by atoms with Crippen LogP contribution < -0.4 is 20.3 Å². The van der Waals surface area contributed by atoms with Crippen LogP contribution in [0.4, 0.5) is 27.8 Å². The Morgan fingerprint density at radius 2 is 2.03 bits per heavy atom. The van der Waals surface area contributed by atoms with Crippen LogP contribution in [0.15, 0.2) is 42.7 Å². The summed E-state index contributed by atoms with van der Waals surface area (Å²) in [4.78, 5) is 35.5. The number of benzene rings is 1. The molecule has 0 radical (unpaired) electrons. The van der Waals surface area contributed by atoms with Gasteiger partial charge in [0, 0.05) is 25.4 Å². The summed E-state index contributed by atoms with van der Waals surface area (Å²) in [5.74, 6) is 1.72. The van der Waals surface area contributed by atoms with E-state index in [9.17, 15) is 9.59 Å². The lowest BCUT2D eigenvalue weighted by molar-refractivity contribution is 0.102. The predicted molar refractivity (Wildman–Crippen MR) is 123 cm³/mol. The van der Waals surface area contributed by atoms with E-state index in [-0.39, 0.29) is 12.5 Å². The van der Waals surface area contributed by atoms with Gasteiger partial charge in [0.25, 0.3) is 5.91 Å². The van der Waals surface area contributed by atoms with Crippen molar-refractivity contribution in [1.29, 1.82) is 0 Å². The van der Waals surface area contributed by atoms with Crippen molar-refractivity contribution in [2.45, 2.75) is 26.9 Å². The summed E-state index contributed by atoms with van der Waals surface area (Å²) in [6, 6.07) is 9.20. The number of anilines is 4. The fourth-order valence-electron chi connectivity index (χ4n) is 4.03. The van der Waals surface area contributed by atoms with Crippen molar-refractivity contribution in [2.75, 3.05) is 28.7 Å². The number of carbonyl (C=O) groups is 2. The van der Waals surface area contributed by atoms with Crippen LogP contribution in [0.25, 0.3) is 0 Å². The molecule has 1 aromatic carbocycles. The molecule has 3 aromatic rings. The van der Waals surface area contributed by atoms with Crippen LogP contribution in [0.3, 0.4) is 0 Å². The van der Waals surface area contributed by atoms with Gasteiger partial charge in [-0.3, -0.25) is 10.1 Å². The molecule has 4 heterocycles. The number of amides is 2. The Labute approximate surface area is 190 Å². The van der Waals surface area contributed by atoms with Gasteiger partial charge in [-0.25, -0.2) is 14.8 Å². The Kier molecular flexibility index (Phi) is 5.29. The van der Waals surface area contributed by atoms with Gasteiger partial charge < -0.3 is 19.7 Å². The van der Waals surface area contributed by atoms with Gasteiger partial charge in [-0.1, -0.05) is 6.07 Å². The number of hydrogen-bond acceptors (Lipinski definition) is 7. The second-order valence-electron chi connectivity index (χ2n) is 7.82. The maximum absolute atomic E-state index is 13.0. The molecular weight excluding hydrogens is 422 g/mol. The molecule has 0 bridgehead atoms. The number of nitrogens with zero attached hydrogens (tertiary/aromatic N) is 3. The summed E-state index contributed by atoms with van der Waals surface area (Å²) in [5, 5.41) is 5.66. The van der Waals surface area contributed by atoms with E-state index in [1.165, 1.54) is 0 Å². The highest BCUT2D eigenvalue weighted by molar-refractivity contribution is 6.11. The van der Waals surface area contributed by atoms with Crippen LogP contribution in [-0.4, -0.2) is 35.1 Å². The third-order valence-corrected chi connectivity index (χ3v) is 5.74. The number of hydrogen-bond donors (Lipinski definition) is 2. The van der Waals surface area contributed by atoms with Crippen molar-refractivity contribution in [1.82, 2.24) is 9.97 Å². The van der Waals surface area contributed by atoms with Gasteiger partial charge in [-0.05, 0) is 49.2 Å². The van der Waals surface area contributed by atoms with Gasteiger partial charge in [0.15, 0.2) is 5.82 Å². The zero-order valence-electron chi connectivity index (χ0n) is 18.3. The quantitative estimate of drug-likeness (QED) is 0.606. The van der Waals surface area contributed by atoms with E-state index in [4.69, 9.17) is 9.47 Å². The number of rotatable bonds is 5. The number of aryl methyl sites for hydroxylation is 1. The third-order valence-electron chi connectivity index (χ3n) is 5.74. The Morgan fingerprint density at radius 1 is 1.15 bits per heavy atom. The molecule has 0 spiro atoms. The smallest absolute Gasteiger partial charge is 0.411 e. The Balaban J connectivity index is 1.36. The third kappa shape index (κ3) is 3.82. The Hall–Kier alpha value is -4.14. The molecule has 2 amide bonds. The monoisotopic (exact) mass is 445 g/mol. The fourth-order valence-corrected chi connectivity index (χ4v) is 4.03. The van der Waals surface area contributed by atoms with E-state index in [0.29, 0.717) is 53.9 Å². The maximum Gasteiger partial charge on any atom is 0.411 e. The number of nitrogens with one attached hydrogen (secondary N) is 2. The molecule has 168 valence electrons. The van der Waals surface area contributed by atoms with E-state index >= 15 is 0 Å². The molecule has 0 atom stereocenters. The first kappa shape index (κ1) is 20.7. The first-order valence-electron chi connectivity index (χ1n) is 10.8. The number of aromatic nitrogens is 2. The highest BCUT2D eigenvalue weighted by atomic mass is 16.6. The minimum absolute atomic E-state index is 0.165. The summed E-state index contributed by atoms with van der Waals surface area (Å²) in [5.41, 5.74) is 4.52. The van der Waals surface area contributed by atoms with E-state index in [0.717, 1.165) is 16.7 Å². The highest BCUT2D eigenvalue weighted by Gasteiger charge is 2.28. The molecule has 9 heteroatoms. The standard InChI is InChI=1S/C24H23N5O4/c1-3-29-21-16(23(30)28-20-14(2)7-9-25-22(20)29)11-15(12-26-21)8-10-32-19-6-4-5-18-17(19)13-33-24(31)27-18/h4-7,9,11-12H,3,8,10,13H2,1-2H3,(H,27,31)(H,28,30). The van der Waals surface area contributed by atoms with Crippen molar-refractivity contribution in [2.24, 2.45) is 0 Å². The second-order valence-corrected chi connectivity index (χ2v) is 7.82. The SMILES string of the molecule is CCN1c2ncc(CCOc3cccc4c3COC(=O)N4)cc2C(=O)Nc2c(C)ccnc21. The average molecular weight is 445 g/mol. The van der Waals surface area contributed by atoms with Crippen LogP contribution in [0.5, 0.6) is 5.75 Å². The Bertz CT molecular complexity index is 1260. The average Bonchev–Trinajstić information content (AvgIpc) is 2.93. The summed E-state index contributed by atoms with van der Waals surface area (Å²) < 4.78 is 11.0. The lowest BCUT2D eigenvalue weighted by Gasteiger charge is -2.22. The van der Waals surface area contributed by atoms with E-state index in [1.54, 1.807) is 12.4 Å². The molecule has 2 aliphatic heterocycles. The lowest BCUT2D eigenvalue weighted by Crippen LogP contribution is -2.21. The maximum atomic E-state index is 13.0. The van der Waals surface area contributed by atoms with Crippen molar-refractivity contribution < 1.29 is 19.1 Å². The Morgan fingerprint density at radius 3 is 2.88 bits per heavy atom. The number of cyclic esters (lactones) is 1. The second kappa shape index (κ2) is 8.42. The predicted octanol–water partition coefficient (Wildman–Crippen LogP) is 4.19. The molecule has 0 saturated heterocycles. The molecule has 2 N–H and O–H groups in total. The van der Waals surface area contributed by atoms with E-state index < -0.39 is 6.09 Å². The molecule has 9 nitrogen and oxygen atoms in total. The van der Waals surface area contributed by atoms with Crippen LogP contribution in [0.2, 0.25) is 0 Å². The van der Waals surface area contributed by atoms with Crippen molar-refractivity contribution in [3.05, 3.63) is 65.0 Å². The topological polar surface area (TPSA) is 106 Å². The van der Waals surface area contributed by atoms with E-state index in [2.05, 4.69) is 20.6 Å². The van der Waals surface area contributed by atoms with Gasteiger partial charge in [0.1, 0.15) is 18.2 Å². The van der Waals surface area contributed by atoms with Gasteiger partial charge in [0.2, 0.25) is 0 Å². The van der Waals surface area contributed by atoms with Gasteiger partial charge in [0.05, 0.1) is 29.1 Å². The van der Waals surface area contributed by atoms with Gasteiger partial charge >= 0.3 is 6.09 Å². The molecule has 33 heavy (non-hydrogen) atoms. The number of carbonyl (C=O) groups excluding carboxylic acids is 2. The largest absolute Gasteiger partial charge is 0.493 e. The number of fused-ring (bicyclic) bond motifs is 3. The van der Waals surface area contributed by atoms with E-state index in [1.807, 2.05) is 49.1 Å². The van der Waals surface area contributed by atoms with Crippen molar-refractivity contribution in [3.8, 4) is 5.75 Å². The molecule has 0 fully saturated rings. The molecule has 0 unspecified atom stereocenters. The normalized spacial score (nSPS) is 14.2. The van der Waals surface area contributed by atoms with Crippen molar-refractivity contribution >= 4 is 35.0 Å². The molecule has 2 aliphatic rings. The summed E-state index contributed by atoms with van der Waals surface area (Å²) in [7, 11) is 0. The first-order chi connectivity index (χ1) is 16.0. The number of pyridine rings is 2. The van der Waals surface area contributed by atoms with Crippen LogP contribution in [0.1, 0.15) is 34.0 Å². The van der Waals surface area contributed by atoms with Crippen LogP contribution >= 0.6 is 0 Å². The molecule has 0 saturated carbocycles. The first-order valence-corrected chi connectivity index (χ1v) is 10.8. The van der Waals surface area contributed by atoms with Crippen LogP contribution in [-0.2, 0) is 17.8 Å². The van der Waals surface area contributed by atoms with Crippen molar-refractivity contribution in [3.63, 3.8) is 0 Å². The molecule has 0 aliphatic carbocycles. The fraction of sp³-hybridized carbons (Fsp3) is 0.250. The molecule has 5 rings (SSSR count). The lowest BCUT2D eigenvalue weighted by atomic mass is 10.1. The summed E-state index contributed by atoms with van der Waals surface area (Å²) in [6.07, 6.45) is 3.59. The number of ether oxygens (including phenoxy) is 2. The summed E-state index contributed by atoms with van der Waals surface area (Å²) in [6.45, 7) is 5.12. The summed E-state index contributed by atoms with van der Waals surface area (Å²) >= 11 is 0. The highest BCUT2D eigenvalue weighted by Crippen LogP contribution is 2.37. The zero-order chi connectivity index (χ0) is 22.9. The zero-order valence-corrected chi connectivity index (χ0v) is 18.3. The van der Waals surface area contributed by atoms with Gasteiger partial charge in [-0.15, -0.1) is 0 Å².